The highest BCUT2D eigenvalue weighted by atomic mass is 16.5. The third kappa shape index (κ3) is 18.0. The first-order valence-corrected chi connectivity index (χ1v) is 40.6. The van der Waals surface area contributed by atoms with E-state index in [0.29, 0.717) is 13.2 Å². The third-order valence-corrected chi connectivity index (χ3v) is 23.5. The van der Waals surface area contributed by atoms with Gasteiger partial charge in [0.1, 0.15) is 0 Å². The molecule has 0 aromatic heterocycles. The van der Waals surface area contributed by atoms with E-state index in [-0.39, 0.29) is 16.2 Å². The summed E-state index contributed by atoms with van der Waals surface area (Å²) < 4.78 is 23.5. The van der Waals surface area contributed by atoms with Gasteiger partial charge >= 0.3 is 0 Å². The second kappa shape index (κ2) is 36.3. The molecule has 0 saturated carbocycles. The normalized spacial score (nSPS) is 14.5. The van der Waals surface area contributed by atoms with Gasteiger partial charge in [0.05, 0.1) is 52.9 Å². The molecule has 6 heteroatoms. The third-order valence-electron chi connectivity index (χ3n) is 23.5. The van der Waals surface area contributed by atoms with Crippen LogP contribution >= 0.6 is 0 Å². The molecule has 0 bridgehead atoms. The number of anilines is 6. The first-order chi connectivity index (χ1) is 51.7. The maximum atomic E-state index is 6.22. The molecule has 0 atom stereocenters. The van der Waals surface area contributed by atoms with Gasteiger partial charge in [-0.2, -0.15) is 0 Å². The number of unbranched alkanes of at least 4 members (excludes halogenated alkanes) is 12. The summed E-state index contributed by atoms with van der Waals surface area (Å²) >= 11 is 0. The van der Waals surface area contributed by atoms with Crippen molar-refractivity contribution in [2.75, 3.05) is 49.4 Å². The second-order valence-electron chi connectivity index (χ2n) is 31.1. The number of benzene rings is 10. The zero-order valence-corrected chi connectivity index (χ0v) is 64.2. The number of ether oxygens (including phenoxy) is 4. The van der Waals surface area contributed by atoms with Gasteiger partial charge in [-0.3, -0.25) is 0 Å². The van der Waals surface area contributed by atoms with E-state index in [0.717, 1.165) is 112 Å². The molecule has 2 heterocycles. The van der Waals surface area contributed by atoms with Crippen LogP contribution in [0.4, 0.5) is 34.1 Å². The number of rotatable bonds is 40. The second-order valence-corrected chi connectivity index (χ2v) is 31.1. The lowest BCUT2D eigenvalue weighted by Crippen LogP contribution is -2.45. The molecular formula is C99H116N2O4. The van der Waals surface area contributed by atoms with E-state index in [1.807, 2.05) is 0 Å². The quantitative estimate of drug-likeness (QED) is 0.0357. The monoisotopic (exact) mass is 1400 g/mol. The Labute approximate surface area is 630 Å². The molecule has 0 radical (unpaired) electrons. The van der Waals surface area contributed by atoms with Crippen LogP contribution in [0.2, 0.25) is 0 Å². The van der Waals surface area contributed by atoms with Gasteiger partial charge < -0.3 is 28.7 Å². The molecule has 0 unspecified atom stereocenters. The van der Waals surface area contributed by atoms with Crippen LogP contribution in [0.3, 0.4) is 0 Å². The van der Waals surface area contributed by atoms with Crippen molar-refractivity contribution in [2.24, 2.45) is 10.8 Å². The molecule has 10 aromatic rings. The van der Waals surface area contributed by atoms with Gasteiger partial charge in [0, 0.05) is 50.4 Å². The Hall–Kier alpha value is -8.36. The highest BCUT2D eigenvalue weighted by Gasteiger charge is 2.43. The minimum Gasteiger partial charge on any atom is -0.380 e. The zero-order valence-electron chi connectivity index (χ0n) is 64.2. The van der Waals surface area contributed by atoms with Gasteiger partial charge in [-0.15, -0.1) is 0 Å². The van der Waals surface area contributed by atoms with E-state index in [1.54, 1.807) is 0 Å². The summed E-state index contributed by atoms with van der Waals surface area (Å²) in [6.45, 7) is 19.6. The van der Waals surface area contributed by atoms with E-state index in [9.17, 15) is 0 Å². The lowest BCUT2D eigenvalue weighted by molar-refractivity contribution is -0.152. The van der Waals surface area contributed by atoms with E-state index >= 15 is 0 Å². The minimum atomic E-state index is -0.107. The van der Waals surface area contributed by atoms with E-state index in [1.165, 1.54) is 192 Å². The van der Waals surface area contributed by atoms with E-state index in [4.69, 9.17) is 18.9 Å². The Morgan fingerprint density at radius 3 is 0.848 bits per heavy atom. The molecule has 546 valence electrons. The molecule has 3 aliphatic rings. The Kier molecular flexibility index (Phi) is 25.9. The van der Waals surface area contributed by atoms with Crippen molar-refractivity contribution in [3.63, 3.8) is 0 Å². The molecule has 10 aromatic carbocycles. The SMILES string of the molecule is CCCCCCCCC1(CCCCCCCC)c2cc(-c3ccc(N(c4ccc(CCCC)cc4)c4ccc(-c5ccc(COCC6(CC)COC6)cc5)cc4)cc3)ccc2-c2ccc(-c3ccc(N(c4ccc(CCCC)cc4)c4ccc(-c5ccc(COCC6(CC)COC6)cc5)cc4)cc3)cc21. The molecule has 0 N–H and O–H groups in total. The average molecular weight is 1400 g/mol. The highest BCUT2D eigenvalue weighted by molar-refractivity contribution is 5.88. The van der Waals surface area contributed by atoms with Gasteiger partial charge in [0.2, 0.25) is 0 Å². The molecule has 0 amide bonds. The summed E-state index contributed by atoms with van der Waals surface area (Å²) in [6.07, 6.45) is 26.8. The fourth-order valence-electron chi connectivity index (χ4n) is 16.3. The lowest BCUT2D eigenvalue weighted by atomic mass is 9.70. The highest BCUT2D eigenvalue weighted by Crippen LogP contribution is 2.56. The smallest absolute Gasteiger partial charge is 0.0717 e. The van der Waals surface area contributed by atoms with Crippen LogP contribution < -0.4 is 9.80 Å². The molecule has 2 fully saturated rings. The predicted octanol–water partition coefficient (Wildman–Crippen LogP) is 27.6. The summed E-state index contributed by atoms with van der Waals surface area (Å²) in [5, 5.41) is 0. The van der Waals surface area contributed by atoms with Crippen molar-refractivity contribution < 1.29 is 18.9 Å². The molecule has 2 saturated heterocycles. The van der Waals surface area contributed by atoms with Crippen LogP contribution in [0.1, 0.15) is 203 Å². The molecule has 13 rings (SSSR count). The summed E-state index contributed by atoms with van der Waals surface area (Å²) in [5.41, 5.74) is 28.0. The fraction of sp³-hybridized carbons (Fsp3) is 0.394. The average Bonchev–Trinajstić information content (AvgIpc) is 1.57. The van der Waals surface area contributed by atoms with Crippen LogP contribution in [0.5, 0.6) is 0 Å². The first-order valence-electron chi connectivity index (χ1n) is 40.6. The van der Waals surface area contributed by atoms with Crippen molar-refractivity contribution >= 4 is 34.1 Å². The number of fused-ring (bicyclic) bond motifs is 3. The summed E-state index contributed by atoms with van der Waals surface area (Å²) in [6, 6.07) is 88.6. The Morgan fingerprint density at radius 1 is 0.286 bits per heavy atom. The number of hydrogen-bond acceptors (Lipinski definition) is 6. The van der Waals surface area contributed by atoms with Crippen LogP contribution in [0.15, 0.2) is 231 Å². The van der Waals surface area contributed by atoms with E-state index in [2.05, 4.69) is 282 Å². The summed E-state index contributed by atoms with van der Waals surface area (Å²) in [4.78, 5) is 4.86. The van der Waals surface area contributed by atoms with Gasteiger partial charge in [-0.05, 0) is 225 Å². The van der Waals surface area contributed by atoms with Crippen molar-refractivity contribution in [3.05, 3.63) is 264 Å². The zero-order chi connectivity index (χ0) is 72.3. The largest absolute Gasteiger partial charge is 0.380 e. The Morgan fingerprint density at radius 2 is 0.552 bits per heavy atom. The lowest BCUT2D eigenvalue weighted by Gasteiger charge is -2.40. The summed E-state index contributed by atoms with van der Waals surface area (Å²) in [7, 11) is 0. The van der Waals surface area contributed by atoms with Crippen LogP contribution in [-0.2, 0) is 50.4 Å². The molecular weight excluding hydrogens is 1280 g/mol. The van der Waals surface area contributed by atoms with Crippen molar-refractivity contribution in [3.8, 4) is 55.6 Å². The van der Waals surface area contributed by atoms with Crippen LogP contribution in [0, 0.1) is 10.8 Å². The summed E-state index contributed by atoms with van der Waals surface area (Å²) in [5.74, 6) is 0. The Balaban J connectivity index is 0.791. The Bertz CT molecular complexity index is 4010. The molecule has 6 nitrogen and oxygen atoms in total. The van der Waals surface area contributed by atoms with Crippen molar-refractivity contribution in [2.45, 2.75) is 201 Å². The van der Waals surface area contributed by atoms with Crippen molar-refractivity contribution in [1.82, 2.24) is 0 Å². The van der Waals surface area contributed by atoms with Gasteiger partial charge in [0.25, 0.3) is 0 Å². The van der Waals surface area contributed by atoms with Crippen LogP contribution in [-0.4, -0.2) is 39.6 Å². The predicted molar refractivity (Wildman–Crippen MR) is 443 cm³/mol. The number of aryl methyl sites for hydroxylation is 2. The maximum Gasteiger partial charge on any atom is 0.0717 e. The van der Waals surface area contributed by atoms with Gasteiger partial charge in [0.15, 0.2) is 0 Å². The number of hydrogen-bond donors (Lipinski definition) is 0. The maximum absolute atomic E-state index is 6.22. The topological polar surface area (TPSA) is 43.4 Å². The fourth-order valence-corrected chi connectivity index (χ4v) is 16.3. The van der Waals surface area contributed by atoms with Gasteiger partial charge in [-0.1, -0.05) is 277 Å². The minimum absolute atomic E-state index is 0.107. The van der Waals surface area contributed by atoms with Crippen molar-refractivity contribution in [1.29, 1.82) is 0 Å². The van der Waals surface area contributed by atoms with Crippen LogP contribution in [0.25, 0.3) is 55.6 Å². The molecule has 1 aliphatic carbocycles. The van der Waals surface area contributed by atoms with Gasteiger partial charge in [-0.25, -0.2) is 0 Å². The number of nitrogens with zero attached hydrogens (tertiary/aromatic N) is 2. The molecule has 2 aliphatic heterocycles. The first kappa shape index (κ1) is 74.9. The molecule has 105 heavy (non-hydrogen) atoms. The van der Waals surface area contributed by atoms with E-state index < -0.39 is 0 Å². The standard InChI is InChI=1S/C99H116N2O4/c1-7-13-17-19-21-23-63-99(64-24-22-20-18-14-8-2)95-65-85(83-43-57-91(58-44-83)100(87-49-31-75(32-50-87)25-15-9-3)89-53-39-81(40-54-89)79-35-27-77(28-36-79)67-102-69-97(11-5)71-104-72-97)47-61-93(95)94-62-48-86(66-96(94)99)84-45-59-92(60-46-84)101(88-51-33-76(34-52-88)26-16-10-4)90-55-41-82(42-56-90)80-37-29-78(30-38-80)68-103-70-98(12-6)73-105-74-98/h27-62,65-66H,7-26,63-64,67-74H2,1-6H3. The molecule has 0 spiro atoms.